The summed E-state index contributed by atoms with van der Waals surface area (Å²) in [5.74, 6) is 0.375. The van der Waals surface area contributed by atoms with E-state index in [0.717, 1.165) is 0 Å². The Morgan fingerprint density at radius 1 is 1.15 bits per heavy atom. The van der Waals surface area contributed by atoms with Gasteiger partial charge in [-0.25, -0.2) is 8.89 Å². The van der Waals surface area contributed by atoms with Crippen molar-refractivity contribution in [1.82, 2.24) is 9.78 Å². The van der Waals surface area contributed by atoms with Crippen LogP contribution in [0.4, 0.5) is 11.4 Å². The highest BCUT2D eigenvalue weighted by Crippen LogP contribution is 2.31. The van der Waals surface area contributed by atoms with Crippen molar-refractivity contribution in [3.05, 3.63) is 64.6 Å². The van der Waals surface area contributed by atoms with Crippen LogP contribution in [0.2, 0.25) is 0 Å². The van der Waals surface area contributed by atoms with E-state index in [1.807, 2.05) is 18.2 Å². The summed E-state index contributed by atoms with van der Waals surface area (Å²) in [7, 11) is 1.45. The van der Waals surface area contributed by atoms with Crippen molar-refractivity contribution in [1.29, 1.82) is 0 Å². The number of H-pyrrole nitrogens is 1. The van der Waals surface area contributed by atoms with Crippen molar-refractivity contribution >= 4 is 22.5 Å². The number of azo groups is 1. The van der Waals surface area contributed by atoms with Crippen molar-refractivity contribution in [3.63, 3.8) is 0 Å². The standard InChI is InChI=1S/C17H16N4O4S/c1-11-16(17(22)21(20-11)12-6-4-3-5-7-12)19-18-14-10-13(26(23)24)8-9-15(14)25-2/h3-10,20H,1-2H3,(H,23,24). The molecule has 0 fully saturated rings. The highest BCUT2D eigenvalue weighted by Gasteiger charge is 2.13. The third-order valence-corrected chi connectivity index (χ3v) is 4.32. The number of benzene rings is 2. The third-order valence-electron chi connectivity index (χ3n) is 3.66. The molecule has 0 saturated heterocycles. The molecule has 134 valence electrons. The molecule has 0 aliphatic heterocycles. The second kappa shape index (κ2) is 7.46. The molecule has 2 aromatic carbocycles. The van der Waals surface area contributed by atoms with E-state index in [4.69, 9.17) is 4.74 Å². The Morgan fingerprint density at radius 2 is 1.88 bits per heavy atom. The zero-order valence-electron chi connectivity index (χ0n) is 14.0. The van der Waals surface area contributed by atoms with Crippen LogP contribution in [0.15, 0.2) is 68.4 Å². The number of aryl methyl sites for hydroxylation is 1. The average Bonchev–Trinajstić information content (AvgIpc) is 2.94. The van der Waals surface area contributed by atoms with Crippen LogP contribution in [0.1, 0.15) is 5.69 Å². The lowest BCUT2D eigenvalue weighted by Gasteiger charge is -2.04. The first-order valence-corrected chi connectivity index (χ1v) is 8.69. The lowest BCUT2D eigenvalue weighted by Crippen LogP contribution is -2.13. The van der Waals surface area contributed by atoms with E-state index in [1.165, 1.54) is 30.0 Å². The van der Waals surface area contributed by atoms with E-state index in [0.29, 0.717) is 17.1 Å². The summed E-state index contributed by atoms with van der Waals surface area (Å²) in [5, 5.41) is 11.0. The minimum Gasteiger partial charge on any atom is -0.494 e. The summed E-state index contributed by atoms with van der Waals surface area (Å²) < 4.78 is 27.0. The number of hydrogen-bond donors (Lipinski definition) is 2. The van der Waals surface area contributed by atoms with Crippen LogP contribution < -0.4 is 10.3 Å². The molecule has 1 heterocycles. The van der Waals surface area contributed by atoms with Crippen LogP contribution in [0.3, 0.4) is 0 Å². The normalized spacial score (nSPS) is 12.4. The number of nitrogens with one attached hydrogen (secondary N) is 1. The largest absolute Gasteiger partial charge is 0.494 e. The van der Waals surface area contributed by atoms with Gasteiger partial charge in [-0.2, -0.15) is 0 Å². The fourth-order valence-corrected chi connectivity index (χ4v) is 2.77. The van der Waals surface area contributed by atoms with Gasteiger partial charge in [0.1, 0.15) is 11.4 Å². The summed E-state index contributed by atoms with van der Waals surface area (Å²) in [5.41, 5.74) is 1.27. The van der Waals surface area contributed by atoms with Crippen LogP contribution in [-0.2, 0) is 11.1 Å². The first-order valence-electron chi connectivity index (χ1n) is 7.59. The van der Waals surface area contributed by atoms with E-state index in [2.05, 4.69) is 15.3 Å². The molecule has 0 amide bonds. The van der Waals surface area contributed by atoms with Crippen LogP contribution >= 0.6 is 0 Å². The summed E-state index contributed by atoms with van der Waals surface area (Å²) >= 11 is -2.16. The number of aromatic nitrogens is 2. The van der Waals surface area contributed by atoms with E-state index >= 15 is 0 Å². The number of hydrogen-bond acceptors (Lipinski definition) is 5. The second-order valence-corrected chi connectivity index (χ2v) is 6.31. The van der Waals surface area contributed by atoms with Gasteiger partial charge in [0.2, 0.25) is 0 Å². The van der Waals surface area contributed by atoms with Gasteiger partial charge in [-0.3, -0.25) is 9.89 Å². The molecule has 0 bridgehead atoms. The predicted molar refractivity (Wildman–Crippen MR) is 97.3 cm³/mol. The van der Waals surface area contributed by atoms with Crippen LogP contribution in [0, 0.1) is 6.92 Å². The maximum Gasteiger partial charge on any atom is 0.299 e. The SMILES string of the molecule is COc1ccc(S(=O)O)cc1N=Nc1c(C)[nH]n(-c2ccccc2)c1=O. The molecule has 0 radical (unpaired) electrons. The second-order valence-electron chi connectivity index (χ2n) is 5.34. The van der Waals surface area contributed by atoms with Gasteiger partial charge in [0.05, 0.1) is 23.4 Å². The van der Waals surface area contributed by atoms with Crippen LogP contribution in [0.5, 0.6) is 5.75 Å². The first-order chi connectivity index (χ1) is 12.5. The summed E-state index contributed by atoms with van der Waals surface area (Å²) in [6, 6.07) is 13.4. The fourth-order valence-electron chi connectivity index (χ4n) is 2.37. The van der Waals surface area contributed by atoms with E-state index in [-0.39, 0.29) is 21.8 Å². The van der Waals surface area contributed by atoms with E-state index in [9.17, 15) is 13.6 Å². The highest BCUT2D eigenvalue weighted by atomic mass is 32.2. The molecule has 8 nitrogen and oxygen atoms in total. The zero-order chi connectivity index (χ0) is 18.7. The molecule has 3 rings (SSSR count). The van der Waals surface area contributed by atoms with Gasteiger partial charge in [-0.15, -0.1) is 10.2 Å². The molecule has 9 heteroatoms. The highest BCUT2D eigenvalue weighted by molar-refractivity contribution is 7.79. The van der Waals surface area contributed by atoms with Crippen molar-refractivity contribution in [3.8, 4) is 11.4 Å². The number of nitrogens with zero attached hydrogens (tertiary/aromatic N) is 3. The van der Waals surface area contributed by atoms with Gasteiger partial charge in [-0.05, 0) is 37.3 Å². The Labute approximate surface area is 151 Å². The Hall–Kier alpha value is -3.04. The molecule has 1 atom stereocenters. The lowest BCUT2D eigenvalue weighted by molar-refractivity contribution is 0.415. The predicted octanol–water partition coefficient (Wildman–Crippen LogP) is 3.48. The van der Waals surface area contributed by atoms with E-state index in [1.54, 1.807) is 19.1 Å². The number of rotatable bonds is 5. The number of methoxy groups -OCH3 is 1. The monoisotopic (exact) mass is 372 g/mol. The molecule has 1 aromatic heterocycles. The minimum atomic E-state index is -2.16. The van der Waals surface area contributed by atoms with E-state index < -0.39 is 11.1 Å². The molecule has 26 heavy (non-hydrogen) atoms. The molecular formula is C17H16N4O4S. The summed E-state index contributed by atoms with van der Waals surface area (Å²) in [6.45, 7) is 1.71. The smallest absolute Gasteiger partial charge is 0.299 e. The molecule has 0 aliphatic carbocycles. The Bertz CT molecular complexity index is 1040. The third kappa shape index (κ3) is 3.48. The molecule has 0 spiro atoms. The molecule has 1 unspecified atom stereocenters. The Kier molecular flexibility index (Phi) is 5.10. The number of ether oxygens (including phenoxy) is 1. The van der Waals surface area contributed by atoms with Gasteiger partial charge < -0.3 is 9.29 Å². The molecule has 2 N–H and O–H groups in total. The summed E-state index contributed by atoms with van der Waals surface area (Å²) in [4.78, 5) is 12.8. The van der Waals surface area contributed by atoms with Crippen molar-refractivity contribution in [2.24, 2.45) is 10.2 Å². The van der Waals surface area contributed by atoms with Gasteiger partial charge in [0.25, 0.3) is 5.56 Å². The molecular weight excluding hydrogens is 356 g/mol. The Morgan fingerprint density at radius 3 is 2.54 bits per heavy atom. The average molecular weight is 372 g/mol. The van der Waals surface area contributed by atoms with Crippen LogP contribution in [0.25, 0.3) is 5.69 Å². The van der Waals surface area contributed by atoms with Crippen molar-refractivity contribution in [2.75, 3.05) is 7.11 Å². The summed E-state index contributed by atoms with van der Waals surface area (Å²) in [6.07, 6.45) is 0. The lowest BCUT2D eigenvalue weighted by atomic mass is 10.3. The Balaban J connectivity index is 2.02. The van der Waals surface area contributed by atoms with Crippen molar-refractivity contribution in [2.45, 2.75) is 11.8 Å². The maximum atomic E-state index is 12.6. The number of para-hydroxylation sites is 1. The zero-order valence-corrected chi connectivity index (χ0v) is 14.9. The number of aromatic amines is 1. The van der Waals surface area contributed by atoms with Crippen LogP contribution in [-0.4, -0.2) is 25.7 Å². The molecule has 3 aromatic rings. The molecule has 0 saturated carbocycles. The topological polar surface area (TPSA) is 109 Å². The maximum absolute atomic E-state index is 12.6. The quantitative estimate of drug-likeness (QED) is 0.528. The molecule has 0 aliphatic rings. The van der Waals surface area contributed by atoms with Gasteiger partial charge >= 0.3 is 0 Å². The van der Waals surface area contributed by atoms with Gasteiger partial charge in [-0.1, -0.05) is 18.2 Å². The van der Waals surface area contributed by atoms with Gasteiger partial charge in [0.15, 0.2) is 16.8 Å². The fraction of sp³-hybridized carbons (Fsp3) is 0.118. The van der Waals surface area contributed by atoms with Gasteiger partial charge in [0, 0.05) is 0 Å². The first kappa shape index (κ1) is 17.8. The minimum absolute atomic E-state index is 0.145. The van der Waals surface area contributed by atoms with Crippen molar-refractivity contribution < 1.29 is 13.5 Å².